The Morgan fingerprint density at radius 3 is 2.46 bits per heavy atom. The first-order chi connectivity index (χ1) is 11.4. The van der Waals surface area contributed by atoms with Crippen molar-refractivity contribution in [1.29, 1.82) is 0 Å². The molecule has 1 N–H and O–H groups in total. The molecule has 2 aliphatic heterocycles. The van der Waals surface area contributed by atoms with Crippen LogP contribution in [0.2, 0.25) is 0 Å². The molecule has 0 aromatic heterocycles. The highest BCUT2D eigenvalue weighted by molar-refractivity contribution is 7.90. The normalized spacial score (nSPS) is 22.9. The molecule has 0 radical (unpaired) electrons. The van der Waals surface area contributed by atoms with Crippen LogP contribution in [-0.2, 0) is 24.8 Å². The molecular weight excluding hydrogens is 352 g/mol. The van der Waals surface area contributed by atoms with Crippen LogP contribution < -0.4 is 4.72 Å². The number of nitrogens with zero attached hydrogens (tertiary/aromatic N) is 1. The zero-order valence-electron chi connectivity index (χ0n) is 13.3. The first-order valence-corrected chi connectivity index (χ1v) is 11.0. The molecular formula is C15H22N2O5S2. The van der Waals surface area contributed by atoms with Gasteiger partial charge in [0.05, 0.1) is 15.9 Å². The van der Waals surface area contributed by atoms with Crippen LogP contribution in [0.1, 0.15) is 25.7 Å². The number of nitrogens with one attached hydrogen (secondary N) is 1. The highest BCUT2D eigenvalue weighted by Gasteiger charge is 2.28. The van der Waals surface area contributed by atoms with Crippen molar-refractivity contribution in [2.24, 2.45) is 0 Å². The van der Waals surface area contributed by atoms with Gasteiger partial charge in [-0.25, -0.2) is 21.6 Å². The summed E-state index contributed by atoms with van der Waals surface area (Å²) in [5.41, 5.74) is 0. The minimum absolute atomic E-state index is 0.0180. The third-order valence-corrected chi connectivity index (χ3v) is 7.66. The van der Waals surface area contributed by atoms with Gasteiger partial charge in [-0.3, -0.25) is 0 Å². The Bertz CT molecular complexity index is 780. The summed E-state index contributed by atoms with van der Waals surface area (Å²) in [6.45, 7) is 1.81. The van der Waals surface area contributed by atoms with E-state index in [0.717, 1.165) is 25.7 Å². The summed E-state index contributed by atoms with van der Waals surface area (Å²) >= 11 is 0. The molecule has 3 rings (SSSR count). The maximum atomic E-state index is 12.6. The second-order valence-electron chi connectivity index (χ2n) is 6.07. The number of benzene rings is 1. The van der Waals surface area contributed by atoms with Gasteiger partial charge in [-0.15, -0.1) is 0 Å². The molecule has 0 spiro atoms. The fraction of sp³-hybridized carbons (Fsp3) is 0.600. The van der Waals surface area contributed by atoms with E-state index in [0.29, 0.717) is 19.7 Å². The standard InChI is InChI=1S/C15H22N2O5S2/c18-23(19,16-12-13-5-4-10-22-13)14-6-3-7-15(11-14)24(20,21)17-8-1-2-9-17/h3,6-7,11,13,16H,1-2,4-5,8-10,12H2/t13-/m0/s1. The van der Waals surface area contributed by atoms with E-state index in [-0.39, 0.29) is 22.4 Å². The van der Waals surface area contributed by atoms with Crippen molar-refractivity contribution in [3.8, 4) is 0 Å². The molecule has 1 aromatic carbocycles. The lowest BCUT2D eigenvalue weighted by atomic mass is 10.2. The molecule has 2 fully saturated rings. The molecule has 9 heteroatoms. The van der Waals surface area contributed by atoms with Gasteiger partial charge in [0.15, 0.2) is 0 Å². The first-order valence-electron chi connectivity index (χ1n) is 8.11. The summed E-state index contributed by atoms with van der Waals surface area (Å²) in [7, 11) is -7.40. The lowest BCUT2D eigenvalue weighted by molar-refractivity contribution is 0.114. The lowest BCUT2D eigenvalue weighted by Gasteiger charge is -2.16. The molecule has 0 aliphatic carbocycles. The van der Waals surface area contributed by atoms with Crippen molar-refractivity contribution in [3.63, 3.8) is 0 Å². The molecule has 0 amide bonds. The first kappa shape index (κ1) is 17.8. The van der Waals surface area contributed by atoms with Gasteiger partial charge in [0, 0.05) is 26.2 Å². The molecule has 0 bridgehead atoms. The second kappa shape index (κ2) is 7.09. The van der Waals surface area contributed by atoms with Crippen molar-refractivity contribution >= 4 is 20.0 Å². The molecule has 2 heterocycles. The second-order valence-corrected chi connectivity index (χ2v) is 9.78. The van der Waals surface area contributed by atoms with Crippen LogP contribution in [0.3, 0.4) is 0 Å². The largest absolute Gasteiger partial charge is 0.377 e. The maximum Gasteiger partial charge on any atom is 0.243 e. The smallest absolute Gasteiger partial charge is 0.243 e. The van der Waals surface area contributed by atoms with Gasteiger partial charge < -0.3 is 4.74 Å². The van der Waals surface area contributed by atoms with Gasteiger partial charge in [-0.2, -0.15) is 4.31 Å². The van der Waals surface area contributed by atoms with Crippen LogP contribution in [0, 0.1) is 0 Å². The predicted molar refractivity (Wildman–Crippen MR) is 88.6 cm³/mol. The number of rotatable bonds is 6. The molecule has 24 heavy (non-hydrogen) atoms. The summed E-state index contributed by atoms with van der Waals surface area (Å²) in [4.78, 5) is -0.0230. The Balaban J connectivity index is 1.78. The van der Waals surface area contributed by atoms with E-state index in [9.17, 15) is 16.8 Å². The minimum atomic E-state index is -3.77. The highest BCUT2D eigenvalue weighted by atomic mass is 32.2. The van der Waals surface area contributed by atoms with Crippen LogP contribution in [0.4, 0.5) is 0 Å². The maximum absolute atomic E-state index is 12.6. The van der Waals surface area contributed by atoms with Crippen LogP contribution in [0.15, 0.2) is 34.1 Å². The summed E-state index contributed by atoms with van der Waals surface area (Å²) in [5.74, 6) is 0. The van der Waals surface area contributed by atoms with Gasteiger partial charge in [-0.05, 0) is 43.9 Å². The van der Waals surface area contributed by atoms with Crippen LogP contribution in [0.25, 0.3) is 0 Å². The van der Waals surface area contributed by atoms with Crippen molar-refractivity contribution in [3.05, 3.63) is 24.3 Å². The van der Waals surface area contributed by atoms with Gasteiger partial charge in [0.25, 0.3) is 0 Å². The third kappa shape index (κ3) is 3.80. The summed E-state index contributed by atoms with van der Waals surface area (Å²) in [6, 6.07) is 5.53. The average Bonchev–Trinajstić information content (AvgIpc) is 3.27. The van der Waals surface area contributed by atoms with Crippen LogP contribution in [-0.4, -0.2) is 53.5 Å². The topological polar surface area (TPSA) is 92.8 Å². The monoisotopic (exact) mass is 374 g/mol. The summed E-state index contributed by atoms with van der Waals surface area (Å²) in [6.07, 6.45) is 3.30. The van der Waals surface area contributed by atoms with Crippen LogP contribution >= 0.6 is 0 Å². The highest BCUT2D eigenvalue weighted by Crippen LogP contribution is 2.23. The van der Waals surface area contributed by atoms with E-state index >= 15 is 0 Å². The van der Waals surface area contributed by atoms with Gasteiger partial charge in [-0.1, -0.05) is 6.07 Å². The molecule has 1 atom stereocenters. The predicted octanol–water partition coefficient (Wildman–Crippen LogP) is 0.928. The van der Waals surface area contributed by atoms with Gasteiger partial charge in [0.1, 0.15) is 0 Å². The van der Waals surface area contributed by atoms with Crippen molar-refractivity contribution in [2.45, 2.75) is 41.6 Å². The molecule has 134 valence electrons. The summed E-state index contributed by atoms with van der Waals surface area (Å²) < 4.78 is 59.3. The fourth-order valence-corrected chi connectivity index (χ4v) is 5.72. The Morgan fingerprint density at radius 1 is 1.08 bits per heavy atom. The molecule has 0 saturated carbocycles. The van der Waals surface area contributed by atoms with Gasteiger partial charge in [0.2, 0.25) is 20.0 Å². The molecule has 1 aromatic rings. The molecule has 7 nitrogen and oxygen atoms in total. The Kier molecular flexibility index (Phi) is 5.26. The van der Waals surface area contributed by atoms with Gasteiger partial charge >= 0.3 is 0 Å². The van der Waals surface area contributed by atoms with E-state index in [2.05, 4.69) is 4.72 Å². The molecule has 2 aliphatic rings. The van der Waals surface area contributed by atoms with Crippen molar-refractivity contribution in [1.82, 2.24) is 9.03 Å². The zero-order valence-corrected chi connectivity index (χ0v) is 15.0. The van der Waals surface area contributed by atoms with E-state index in [1.54, 1.807) is 0 Å². The molecule has 2 saturated heterocycles. The number of hydrogen-bond donors (Lipinski definition) is 1. The zero-order chi connectivity index (χ0) is 17.2. The Hall–Kier alpha value is -1.00. The molecule has 0 unspecified atom stereocenters. The Labute approximate surface area is 143 Å². The number of ether oxygens (including phenoxy) is 1. The Morgan fingerprint density at radius 2 is 1.79 bits per heavy atom. The van der Waals surface area contributed by atoms with E-state index in [1.807, 2.05) is 0 Å². The number of hydrogen-bond acceptors (Lipinski definition) is 5. The fourth-order valence-electron chi connectivity index (χ4n) is 2.97. The summed E-state index contributed by atoms with van der Waals surface area (Å²) in [5, 5.41) is 0. The lowest BCUT2D eigenvalue weighted by Crippen LogP contribution is -2.32. The minimum Gasteiger partial charge on any atom is -0.377 e. The van der Waals surface area contributed by atoms with E-state index in [1.165, 1.54) is 28.6 Å². The third-order valence-electron chi connectivity index (χ3n) is 4.34. The van der Waals surface area contributed by atoms with Crippen LogP contribution in [0.5, 0.6) is 0 Å². The average molecular weight is 374 g/mol. The van der Waals surface area contributed by atoms with Crippen molar-refractivity contribution < 1.29 is 21.6 Å². The SMILES string of the molecule is O=S(=O)(NC[C@@H]1CCCO1)c1cccc(S(=O)(=O)N2CCCC2)c1. The quantitative estimate of drug-likeness (QED) is 0.800. The van der Waals surface area contributed by atoms with E-state index < -0.39 is 20.0 Å². The van der Waals surface area contributed by atoms with E-state index in [4.69, 9.17) is 4.74 Å². The van der Waals surface area contributed by atoms with Crippen molar-refractivity contribution in [2.75, 3.05) is 26.2 Å². The number of sulfonamides is 2.